The lowest BCUT2D eigenvalue weighted by atomic mass is 9.88. The van der Waals surface area contributed by atoms with Gasteiger partial charge in [-0.15, -0.1) is 0 Å². The fourth-order valence-electron chi connectivity index (χ4n) is 8.78. The minimum Gasteiger partial charge on any atom is -0.309 e. The summed E-state index contributed by atoms with van der Waals surface area (Å²) in [6, 6.07) is 66.8. The first-order valence-electron chi connectivity index (χ1n) is 18.9. The predicted molar refractivity (Wildman–Crippen MR) is 229 cm³/mol. The van der Waals surface area contributed by atoms with Crippen molar-refractivity contribution < 1.29 is 0 Å². The van der Waals surface area contributed by atoms with E-state index in [2.05, 4.69) is 209 Å². The van der Waals surface area contributed by atoms with E-state index in [9.17, 15) is 0 Å². The number of fused-ring (bicyclic) bond motifs is 7. The van der Waals surface area contributed by atoms with E-state index in [4.69, 9.17) is 0 Å². The first-order valence-corrected chi connectivity index (χ1v) is 18.9. The van der Waals surface area contributed by atoms with Crippen LogP contribution in [-0.4, -0.2) is 9.13 Å². The Balaban J connectivity index is 0.998. The van der Waals surface area contributed by atoms with E-state index in [0.29, 0.717) is 5.92 Å². The highest BCUT2D eigenvalue weighted by molar-refractivity contribution is 6.12. The average Bonchev–Trinajstić information content (AvgIpc) is 3.76. The van der Waals surface area contributed by atoms with Crippen LogP contribution in [0.3, 0.4) is 0 Å². The summed E-state index contributed by atoms with van der Waals surface area (Å²) in [5, 5.41) is 7.56. The number of benzene rings is 8. The van der Waals surface area contributed by atoms with Gasteiger partial charge in [-0.3, -0.25) is 0 Å². The molecule has 254 valence electrons. The van der Waals surface area contributed by atoms with Crippen molar-refractivity contribution >= 4 is 60.0 Å². The van der Waals surface area contributed by atoms with Crippen molar-refractivity contribution in [2.75, 3.05) is 0 Å². The minimum atomic E-state index is 0.346. The van der Waals surface area contributed by atoms with Gasteiger partial charge in [0.15, 0.2) is 0 Å². The zero-order valence-corrected chi connectivity index (χ0v) is 29.7. The van der Waals surface area contributed by atoms with Crippen LogP contribution < -0.4 is 0 Å². The Hall–Kier alpha value is -6.90. The summed E-state index contributed by atoms with van der Waals surface area (Å²) in [5.41, 5.74) is 13.6. The van der Waals surface area contributed by atoms with Crippen molar-refractivity contribution in [3.05, 3.63) is 211 Å². The predicted octanol–water partition coefficient (Wildman–Crippen LogP) is 13.8. The van der Waals surface area contributed by atoms with Gasteiger partial charge in [0.1, 0.15) is 0 Å². The number of nitrogens with zero attached hydrogens (tertiary/aromatic N) is 2. The zero-order chi connectivity index (χ0) is 35.6. The Morgan fingerprint density at radius 1 is 0.389 bits per heavy atom. The molecule has 1 aliphatic rings. The molecule has 2 heteroatoms. The third kappa shape index (κ3) is 4.95. The van der Waals surface area contributed by atoms with E-state index in [1.165, 1.54) is 93.6 Å². The van der Waals surface area contributed by atoms with Gasteiger partial charge in [-0.2, -0.15) is 0 Å². The summed E-state index contributed by atoms with van der Waals surface area (Å²) in [4.78, 5) is 0. The molecule has 0 saturated carbocycles. The molecule has 10 aromatic rings. The van der Waals surface area contributed by atoms with Crippen LogP contribution in [0, 0.1) is 0 Å². The molecule has 0 saturated heterocycles. The molecule has 2 aromatic heterocycles. The second-order valence-corrected chi connectivity index (χ2v) is 14.5. The highest BCUT2D eigenvalue weighted by Gasteiger charge is 2.18. The Kier molecular flexibility index (Phi) is 7.03. The van der Waals surface area contributed by atoms with Crippen LogP contribution in [0.1, 0.15) is 23.5 Å². The molecule has 11 rings (SSSR count). The molecule has 0 amide bonds. The summed E-state index contributed by atoms with van der Waals surface area (Å²) >= 11 is 0. The van der Waals surface area contributed by atoms with Gasteiger partial charge in [-0.1, -0.05) is 140 Å². The smallest absolute Gasteiger partial charge is 0.0541 e. The van der Waals surface area contributed by atoms with Crippen LogP contribution >= 0.6 is 0 Å². The first-order chi connectivity index (χ1) is 26.8. The molecule has 0 N–H and O–H groups in total. The third-order valence-corrected chi connectivity index (χ3v) is 11.4. The molecule has 0 radical (unpaired) electrons. The number of hydrogen-bond acceptors (Lipinski definition) is 0. The van der Waals surface area contributed by atoms with Crippen LogP contribution in [0.4, 0.5) is 0 Å². The molecule has 0 aliphatic heterocycles. The van der Waals surface area contributed by atoms with E-state index in [-0.39, 0.29) is 0 Å². The van der Waals surface area contributed by atoms with E-state index in [0.717, 1.165) is 6.42 Å². The van der Waals surface area contributed by atoms with E-state index in [1.807, 2.05) is 0 Å². The second-order valence-electron chi connectivity index (χ2n) is 14.5. The standard InChI is InChI=1S/C52H36N2/c1-2-11-35(12-3-1)37-21-23-38(24-22-37)40-15-10-16-43(31-40)53-49-19-8-6-17-45(49)47-33-41(26-29-51(47)53)42-27-30-52-48(34-42)46-18-7-9-20-50(46)54(52)44-28-25-36-13-4-5-14-39(36)32-44/h1-23,25-34,38H,24H2. The summed E-state index contributed by atoms with van der Waals surface area (Å²) < 4.78 is 4.85. The lowest BCUT2D eigenvalue weighted by Gasteiger charge is -2.18. The topological polar surface area (TPSA) is 9.86 Å². The molecule has 2 nitrogen and oxygen atoms in total. The monoisotopic (exact) mass is 688 g/mol. The van der Waals surface area contributed by atoms with Gasteiger partial charge in [0.25, 0.3) is 0 Å². The Bertz CT molecular complexity index is 3130. The SMILES string of the molecule is C1=CC(c2cccc(-n3c4ccccc4c4cc(-c5ccc6c(c5)c5ccccc5n6-c5ccc6ccccc6c5)ccc43)c2)CC=C1c1ccccc1. The number of aromatic nitrogens is 2. The highest BCUT2D eigenvalue weighted by Crippen LogP contribution is 2.39. The normalized spacial score (nSPS) is 14.4. The molecule has 1 aliphatic carbocycles. The van der Waals surface area contributed by atoms with Crippen molar-refractivity contribution in [2.24, 2.45) is 0 Å². The maximum absolute atomic E-state index is 2.44. The molecule has 1 atom stereocenters. The van der Waals surface area contributed by atoms with E-state index >= 15 is 0 Å². The maximum Gasteiger partial charge on any atom is 0.0541 e. The third-order valence-electron chi connectivity index (χ3n) is 11.4. The molecule has 0 bridgehead atoms. The van der Waals surface area contributed by atoms with Crippen LogP contribution in [0.15, 0.2) is 200 Å². The Labute approximate surface area is 314 Å². The van der Waals surface area contributed by atoms with Crippen molar-refractivity contribution in [1.82, 2.24) is 9.13 Å². The van der Waals surface area contributed by atoms with Gasteiger partial charge in [-0.25, -0.2) is 0 Å². The fraction of sp³-hybridized carbons (Fsp3) is 0.0385. The van der Waals surface area contributed by atoms with Crippen LogP contribution in [0.5, 0.6) is 0 Å². The quantitative estimate of drug-likeness (QED) is 0.170. The van der Waals surface area contributed by atoms with Gasteiger partial charge < -0.3 is 9.13 Å². The van der Waals surface area contributed by atoms with Crippen molar-refractivity contribution in [3.63, 3.8) is 0 Å². The van der Waals surface area contributed by atoms with Gasteiger partial charge in [0, 0.05) is 38.8 Å². The van der Waals surface area contributed by atoms with Gasteiger partial charge in [-0.05, 0) is 106 Å². The minimum absolute atomic E-state index is 0.346. The molecule has 8 aromatic carbocycles. The number of allylic oxidation sites excluding steroid dienone is 4. The summed E-state index contributed by atoms with van der Waals surface area (Å²) in [6.07, 6.45) is 8.03. The van der Waals surface area contributed by atoms with Crippen LogP contribution in [0.25, 0.3) is 82.5 Å². The van der Waals surface area contributed by atoms with Crippen LogP contribution in [-0.2, 0) is 0 Å². The fourth-order valence-corrected chi connectivity index (χ4v) is 8.78. The average molecular weight is 689 g/mol. The van der Waals surface area contributed by atoms with Crippen molar-refractivity contribution in [3.8, 4) is 22.5 Å². The molecular weight excluding hydrogens is 653 g/mol. The second kappa shape index (κ2) is 12.4. The number of hydrogen-bond donors (Lipinski definition) is 0. The molecule has 0 fully saturated rings. The summed E-state index contributed by atoms with van der Waals surface area (Å²) in [6.45, 7) is 0. The van der Waals surface area contributed by atoms with Gasteiger partial charge >= 0.3 is 0 Å². The Morgan fingerprint density at radius 2 is 0.981 bits per heavy atom. The molecular formula is C52H36N2. The lowest BCUT2D eigenvalue weighted by Crippen LogP contribution is -2.01. The molecule has 54 heavy (non-hydrogen) atoms. The van der Waals surface area contributed by atoms with E-state index < -0.39 is 0 Å². The van der Waals surface area contributed by atoms with Gasteiger partial charge in [0.05, 0.1) is 22.1 Å². The summed E-state index contributed by atoms with van der Waals surface area (Å²) in [5.74, 6) is 0.346. The van der Waals surface area contributed by atoms with Crippen molar-refractivity contribution in [1.29, 1.82) is 0 Å². The lowest BCUT2D eigenvalue weighted by molar-refractivity contribution is 0.854. The molecule has 2 heterocycles. The molecule has 0 spiro atoms. The highest BCUT2D eigenvalue weighted by atomic mass is 15.0. The number of para-hydroxylation sites is 2. The first kappa shape index (κ1) is 30.7. The Morgan fingerprint density at radius 3 is 1.65 bits per heavy atom. The molecule has 1 unspecified atom stereocenters. The zero-order valence-electron chi connectivity index (χ0n) is 29.7. The van der Waals surface area contributed by atoms with Gasteiger partial charge in [0.2, 0.25) is 0 Å². The largest absolute Gasteiger partial charge is 0.309 e. The van der Waals surface area contributed by atoms with Crippen molar-refractivity contribution in [2.45, 2.75) is 12.3 Å². The number of rotatable bonds is 5. The van der Waals surface area contributed by atoms with Crippen LogP contribution in [0.2, 0.25) is 0 Å². The van der Waals surface area contributed by atoms with E-state index in [1.54, 1.807) is 0 Å². The summed E-state index contributed by atoms with van der Waals surface area (Å²) in [7, 11) is 0. The maximum atomic E-state index is 2.44.